The second kappa shape index (κ2) is 7.54. The Morgan fingerprint density at radius 3 is 2.26 bits per heavy atom. The molecule has 4 rings (SSSR count). The number of rotatable bonds is 4. The summed E-state index contributed by atoms with van der Waals surface area (Å²) in [6.07, 6.45) is 1.79. The molecule has 1 aromatic heterocycles. The summed E-state index contributed by atoms with van der Waals surface area (Å²) in [4.78, 5) is 4.58. The van der Waals surface area contributed by atoms with E-state index < -0.39 is 18.1 Å². The van der Waals surface area contributed by atoms with Gasteiger partial charge in [0.25, 0.3) is 0 Å². The minimum atomic E-state index is -2.23. The van der Waals surface area contributed by atoms with E-state index in [-0.39, 0.29) is 0 Å². The van der Waals surface area contributed by atoms with Crippen LogP contribution in [0.2, 0.25) is 0 Å². The van der Waals surface area contributed by atoms with Crippen LogP contribution in [0.25, 0.3) is 27.8 Å². The molecule has 4 nitrogen and oxygen atoms in total. The molecule has 4 heteroatoms. The van der Waals surface area contributed by atoms with Crippen LogP contribution in [-0.2, 0) is 5.60 Å². The molecular formula is C27H30N2O2. The van der Waals surface area contributed by atoms with Crippen LogP contribution >= 0.6 is 0 Å². The molecule has 4 aromatic rings. The number of hydrogen-bond donors (Lipinski definition) is 1. The van der Waals surface area contributed by atoms with E-state index in [1.807, 2.05) is 41.0 Å². The van der Waals surface area contributed by atoms with Gasteiger partial charge in [-0.1, -0.05) is 24.3 Å². The Balaban J connectivity index is 1.68. The van der Waals surface area contributed by atoms with Gasteiger partial charge in [-0.2, -0.15) is 0 Å². The van der Waals surface area contributed by atoms with Crippen LogP contribution in [0.1, 0.15) is 49.8 Å². The molecule has 0 amide bonds. The normalized spacial score (nSPS) is 14.2. The summed E-state index contributed by atoms with van der Waals surface area (Å²) in [5.41, 5.74) is 4.71. The molecule has 0 fully saturated rings. The van der Waals surface area contributed by atoms with Gasteiger partial charge in [0.1, 0.15) is 17.7 Å². The quantitative estimate of drug-likeness (QED) is 0.418. The van der Waals surface area contributed by atoms with Crippen molar-refractivity contribution < 1.29 is 14.0 Å². The number of imidazole rings is 1. The zero-order chi connectivity index (χ0) is 24.9. The third-order valence-corrected chi connectivity index (χ3v) is 5.28. The van der Waals surface area contributed by atoms with Crippen molar-refractivity contribution in [1.29, 1.82) is 0 Å². The van der Waals surface area contributed by atoms with Crippen LogP contribution in [0.5, 0.6) is 5.75 Å². The predicted molar refractivity (Wildman–Crippen MR) is 127 cm³/mol. The van der Waals surface area contributed by atoms with Crippen LogP contribution in [0, 0.1) is 6.92 Å². The first-order chi connectivity index (χ1) is 15.8. The van der Waals surface area contributed by atoms with Crippen molar-refractivity contribution in [2.45, 2.75) is 52.7 Å². The molecule has 0 saturated heterocycles. The van der Waals surface area contributed by atoms with Gasteiger partial charge in [-0.15, -0.1) is 0 Å². The number of hydrogen-bond acceptors (Lipinski definition) is 3. The lowest BCUT2D eigenvalue weighted by Crippen LogP contribution is -2.22. The second-order valence-corrected chi connectivity index (χ2v) is 9.01. The average molecular weight is 418 g/mol. The van der Waals surface area contributed by atoms with Gasteiger partial charge >= 0.3 is 0 Å². The van der Waals surface area contributed by atoms with Gasteiger partial charge in [-0.25, -0.2) is 4.98 Å². The first-order valence-corrected chi connectivity index (χ1v) is 10.4. The van der Waals surface area contributed by atoms with Gasteiger partial charge < -0.3 is 9.84 Å². The van der Waals surface area contributed by atoms with Crippen LogP contribution < -0.4 is 4.74 Å². The second-order valence-electron chi connectivity index (χ2n) is 9.01. The molecule has 0 saturated carbocycles. The molecule has 1 N–H and O–H groups in total. The Labute approximate surface area is 188 Å². The van der Waals surface area contributed by atoms with E-state index in [0.717, 1.165) is 39.0 Å². The molecule has 31 heavy (non-hydrogen) atoms. The molecule has 160 valence electrons. The van der Waals surface area contributed by atoms with Crippen molar-refractivity contribution in [1.82, 2.24) is 9.55 Å². The maximum Gasteiger partial charge on any atom is 0.120 e. The van der Waals surface area contributed by atoms with Crippen LogP contribution in [0.15, 0.2) is 67.0 Å². The van der Waals surface area contributed by atoms with Crippen LogP contribution in [0.4, 0.5) is 0 Å². The topological polar surface area (TPSA) is 47.3 Å². The van der Waals surface area contributed by atoms with E-state index in [2.05, 4.69) is 24.0 Å². The molecule has 1 heterocycles. The Kier molecular flexibility index (Phi) is 4.27. The third kappa shape index (κ3) is 4.49. The SMILES string of the molecule is [2H]C([2H])([2H])C(C)(C)Oc1ccc(-n2cnc3cc(C)c(-c4ccc(C(C)(C)O)cc4)cc32)cc1. The van der Waals surface area contributed by atoms with Crippen molar-refractivity contribution in [2.24, 2.45) is 0 Å². The molecule has 0 aliphatic rings. The lowest BCUT2D eigenvalue weighted by Gasteiger charge is -2.21. The number of ether oxygens (including phenoxy) is 1. The molecule has 0 aliphatic heterocycles. The highest BCUT2D eigenvalue weighted by atomic mass is 16.5. The molecular weight excluding hydrogens is 384 g/mol. The van der Waals surface area contributed by atoms with E-state index in [4.69, 9.17) is 8.85 Å². The first kappa shape index (κ1) is 17.6. The van der Waals surface area contributed by atoms with Crippen molar-refractivity contribution in [2.75, 3.05) is 0 Å². The van der Waals surface area contributed by atoms with Gasteiger partial charge in [0.15, 0.2) is 0 Å². The summed E-state index contributed by atoms with van der Waals surface area (Å²) in [6, 6.07) is 19.5. The maximum atomic E-state index is 10.3. The summed E-state index contributed by atoms with van der Waals surface area (Å²) >= 11 is 0. The predicted octanol–water partition coefficient (Wildman–Crippen LogP) is 6.41. The molecule has 0 bridgehead atoms. The summed E-state index contributed by atoms with van der Waals surface area (Å²) in [7, 11) is 0. The number of fused-ring (bicyclic) bond motifs is 1. The van der Waals surface area contributed by atoms with Crippen LogP contribution in [-0.4, -0.2) is 20.3 Å². The molecule has 0 unspecified atom stereocenters. The average Bonchev–Trinajstić information content (AvgIpc) is 3.15. The summed E-state index contributed by atoms with van der Waals surface area (Å²) in [5, 5.41) is 10.3. The number of aliphatic hydroxyl groups is 1. The maximum absolute atomic E-state index is 10.3. The highest BCUT2D eigenvalue weighted by Gasteiger charge is 2.16. The Morgan fingerprint density at radius 1 is 0.968 bits per heavy atom. The van der Waals surface area contributed by atoms with Gasteiger partial charge in [0.2, 0.25) is 0 Å². The van der Waals surface area contributed by atoms with E-state index in [1.54, 1.807) is 46.2 Å². The fraction of sp³-hybridized carbons (Fsp3) is 0.296. The monoisotopic (exact) mass is 417 g/mol. The minimum absolute atomic E-state index is 0.498. The van der Waals surface area contributed by atoms with Crippen molar-refractivity contribution >= 4 is 11.0 Å². The molecule has 0 radical (unpaired) electrons. The van der Waals surface area contributed by atoms with Gasteiger partial charge in [0, 0.05) is 9.80 Å². The van der Waals surface area contributed by atoms with Gasteiger partial charge in [0.05, 0.1) is 16.6 Å². The zero-order valence-electron chi connectivity index (χ0n) is 21.6. The van der Waals surface area contributed by atoms with Gasteiger partial charge in [-0.3, -0.25) is 4.57 Å². The lowest BCUT2D eigenvalue weighted by atomic mass is 9.94. The molecule has 0 aliphatic carbocycles. The summed E-state index contributed by atoms with van der Waals surface area (Å²) < 4.78 is 30.7. The molecule has 0 atom stereocenters. The Hall–Kier alpha value is -3.11. The van der Waals surface area contributed by atoms with E-state index in [1.165, 1.54) is 0 Å². The van der Waals surface area contributed by atoms with Crippen molar-refractivity contribution in [3.63, 3.8) is 0 Å². The fourth-order valence-corrected chi connectivity index (χ4v) is 3.70. The largest absolute Gasteiger partial charge is 0.488 e. The Bertz CT molecular complexity index is 1310. The first-order valence-electron chi connectivity index (χ1n) is 11.9. The van der Waals surface area contributed by atoms with E-state index >= 15 is 0 Å². The highest BCUT2D eigenvalue weighted by Crippen LogP contribution is 2.31. The number of aromatic nitrogens is 2. The molecule has 3 aromatic carbocycles. The number of benzene rings is 3. The van der Waals surface area contributed by atoms with Crippen molar-refractivity contribution in [3.8, 4) is 22.6 Å². The molecule has 0 spiro atoms. The zero-order valence-corrected chi connectivity index (χ0v) is 18.6. The number of nitrogens with zero attached hydrogens (tertiary/aromatic N) is 2. The van der Waals surface area contributed by atoms with Gasteiger partial charge in [-0.05, 0) is 100 Å². The Morgan fingerprint density at radius 2 is 1.65 bits per heavy atom. The highest BCUT2D eigenvalue weighted by molar-refractivity contribution is 5.85. The third-order valence-electron chi connectivity index (χ3n) is 5.28. The van der Waals surface area contributed by atoms with Crippen LogP contribution in [0.3, 0.4) is 0 Å². The minimum Gasteiger partial charge on any atom is -0.488 e. The standard InChI is InChI=1S/C27H30N2O2/c1-18-15-24-25(16-23(18)19-7-9-20(10-8-19)27(5,6)30)29(17-28-24)21-11-13-22(14-12-21)31-26(2,3)4/h7-17,30H,1-6H3/i2D3. The van der Waals surface area contributed by atoms with E-state index in [9.17, 15) is 5.11 Å². The van der Waals surface area contributed by atoms with E-state index in [0.29, 0.717) is 5.75 Å². The smallest absolute Gasteiger partial charge is 0.120 e. The fourth-order valence-electron chi connectivity index (χ4n) is 3.70. The summed E-state index contributed by atoms with van der Waals surface area (Å²) in [5.74, 6) is 0.498. The van der Waals surface area contributed by atoms with Crippen molar-refractivity contribution in [3.05, 3.63) is 78.1 Å². The lowest BCUT2D eigenvalue weighted by molar-refractivity contribution is 0.0786. The number of aryl methyl sites for hydroxylation is 1. The summed E-state index contributed by atoms with van der Waals surface area (Å²) in [6.45, 7) is 6.52.